The Balaban J connectivity index is 1.83. The first-order valence-electron chi connectivity index (χ1n) is 13.3. The van der Waals surface area contributed by atoms with Gasteiger partial charge in [-0.25, -0.2) is 17.6 Å². The van der Waals surface area contributed by atoms with Gasteiger partial charge in [-0.1, -0.05) is 29.4 Å². The third-order valence-corrected chi connectivity index (χ3v) is 8.11. The zero-order valence-electron chi connectivity index (χ0n) is 24.5. The maximum absolute atomic E-state index is 15.6. The molecule has 0 radical (unpaired) electrons. The lowest BCUT2D eigenvalue weighted by Crippen LogP contribution is -2.51. The van der Waals surface area contributed by atoms with Crippen LogP contribution in [0, 0.1) is 5.82 Å². The van der Waals surface area contributed by atoms with Gasteiger partial charge >= 0.3 is 12.3 Å². The second-order valence-corrected chi connectivity index (χ2v) is 13.1. The van der Waals surface area contributed by atoms with Gasteiger partial charge in [0.05, 0.1) is 29.1 Å². The van der Waals surface area contributed by atoms with Crippen LogP contribution in [0.25, 0.3) is 11.1 Å². The molecule has 18 heteroatoms. The van der Waals surface area contributed by atoms with E-state index in [4.69, 9.17) is 15.7 Å². The molecular formula is C28H28F4N6O7S. The molecule has 246 valence electrons. The number of aromatic nitrogens is 2. The highest BCUT2D eigenvalue weighted by molar-refractivity contribution is 7.91. The van der Waals surface area contributed by atoms with E-state index in [1.165, 1.54) is 24.3 Å². The van der Waals surface area contributed by atoms with Gasteiger partial charge in [-0.2, -0.15) is 18.3 Å². The van der Waals surface area contributed by atoms with Gasteiger partial charge in [0.15, 0.2) is 22.3 Å². The van der Waals surface area contributed by atoms with Crippen LogP contribution in [0.2, 0.25) is 0 Å². The number of hydrogen-bond donors (Lipinski definition) is 3. The van der Waals surface area contributed by atoms with Gasteiger partial charge in [0, 0.05) is 22.8 Å². The van der Waals surface area contributed by atoms with E-state index in [0.717, 1.165) is 23.2 Å². The summed E-state index contributed by atoms with van der Waals surface area (Å²) in [6.07, 6.45) is -4.75. The molecule has 0 aliphatic carbocycles. The van der Waals surface area contributed by atoms with Crippen molar-refractivity contribution in [2.75, 3.05) is 17.3 Å². The molecule has 1 aromatic heterocycles. The fraction of sp³-hybridized carbons (Fsp3) is 0.321. The van der Waals surface area contributed by atoms with Gasteiger partial charge in [-0.15, -0.1) is 5.10 Å². The fourth-order valence-corrected chi connectivity index (χ4v) is 5.99. The molecule has 0 saturated heterocycles. The standard InChI is InChI=1S/C28H28F4N6O7S/c1-27(2,3)45-26(40)35-20-13-46(42,43)22-10-19(29)18(17-8-23(36-34-11-17)44-14-28(30,31)32)9-21(22)38(25(20)39)12-15-4-6-16(7-5-15)24(33)37-41/h4-11,20,41H,12-14H2,1-3H3,(H2,33,37)(H,35,40)/t20-/m0/s1. The Morgan fingerprint density at radius 3 is 2.46 bits per heavy atom. The number of halogens is 4. The van der Waals surface area contributed by atoms with Gasteiger partial charge in [0.2, 0.25) is 5.88 Å². The molecule has 4 rings (SSSR count). The van der Waals surface area contributed by atoms with Gasteiger partial charge in [0.25, 0.3) is 5.91 Å². The number of nitrogens with two attached hydrogens (primary N) is 1. The molecule has 13 nitrogen and oxygen atoms in total. The van der Waals surface area contributed by atoms with Crippen LogP contribution in [0.1, 0.15) is 31.9 Å². The number of hydrogen-bond acceptors (Lipinski definition) is 10. The van der Waals surface area contributed by atoms with Crippen molar-refractivity contribution >= 4 is 33.4 Å². The number of nitrogens with one attached hydrogen (secondary N) is 1. The van der Waals surface area contributed by atoms with Gasteiger partial charge in [0.1, 0.15) is 17.5 Å². The topological polar surface area (TPSA) is 186 Å². The number of ether oxygens (including phenoxy) is 2. The number of amidine groups is 1. The van der Waals surface area contributed by atoms with Crippen LogP contribution in [0.4, 0.5) is 28.0 Å². The number of benzene rings is 2. The molecule has 46 heavy (non-hydrogen) atoms. The number of anilines is 1. The minimum atomic E-state index is -4.69. The predicted octanol–water partition coefficient (Wildman–Crippen LogP) is 3.53. The van der Waals surface area contributed by atoms with E-state index in [2.05, 4.69) is 25.4 Å². The molecule has 2 heterocycles. The summed E-state index contributed by atoms with van der Waals surface area (Å²) in [6.45, 7) is 2.70. The molecule has 4 N–H and O–H groups in total. The minimum absolute atomic E-state index is 0.131. The third-order valence-electron chi connectivity index (χ3n) is 6.34. The van der Waals surface area contributed by atoms with Crippen molar-refractivity contribution < 1.29 is 50.2 Å². The Bertz CT molecular complexity index is 1780. The summed E-state index contributed by atoms with van der Waals surface area (Å²) in [7, 11) is -4.46. The molecular weight excluding hydrogens is 640 g/mol. The summed E-state index contributed by atoms with van der Waals surface area (Å²) in [4.78, 5) is 27.0. The SMILES string of the molecule is CC(C)(C)OC(=O)N[C@H]1CS(=O)(=O)c2cc(F)c(-c3cnnc(OCC(F)(F)F)c3)cc2N(Cc2ccc(/C(N)=N/O)cc2)C1=O. The minimum Gasteiger partial charge on any atom is -0.467 e. The van der Waals surface area contributed by atoms with E-state index in [1.807, 2.05) is 0 Å². The quantitative estimate of drug-likeness (QED) is 0.111. The number of oxime groups is 1. The molecule has 1 atom stereocenters. The van der Waals surface area contributed by atoms with Crippen molar-refractivity contribution in [1.29, 1.82) is 0 Å². The number of alkyl halides is 3. The monoisotopic (exact) mass is 668 g/mol. The van der Waals surface area contributed by atoms with Crippen molar-refractivity contribution in [3.05, 3.63) is 65.6 Å². The normalized spacial score (nSPS) is 16.8. The second kappa shape index (κ2) is 12.8. The van der Waals surface area contributed by atoms with Crippen molar-refractivity contribution in [3.8, 4) is 17.0 Å². The maximum Gasteiger partial charge on any atom is 0.422 e. The van der Waals surface area contributed by atoms with Gasteiger partial charge in [-0.05, 0) is 38.5 Å². The Morgan fingerprint density at radius 1 is 1.17 bits per heavy atom. The molecule has 0 fully saturated rings. The number of amides is 2. The molecule has 1 aliphatic rings. The van der Waals surface area contributed by atoms with Crippen LogP contribution in [-0.4, -0.2) is 71.8 Å². The number of nitrogens with zero attached hydrogens (tertiary/aromatic N) is 4. The van der Waals surface area contributed by atoms with Crippen LogP contribution in [0.5, 0.6) is 5.88 Å². The second-order valence-electron chi connectivity index (χ2n) is 11.1. The summed E-state index contributed by atoms with van der Waals surface area (Å²) in [5.41, 5.74) is 4.63. The van der Waals surface area contributed by atoms with Crippen LogP contribution in [0.15, 0.2) is 58.7 Å². The van der Waals surface area contributed by atoms with E-state index in [1.54, 1.807) is 20.8 Å². The zero-order chi connectivity index (χ0) is 34.0. The molecule has 0 unspecified atom stereocenters. The van der Waals surface area contributed by atoms with Crippen molar-refractivity contribution in [2.45, 2.75) is 50.0 Å². The van der Waals surface area contributed by atoms with Gasteiger partial charge < -0.3 is 30.6 Å². The summed E-state index contributed by atoms with van der Waals surface area (Å²) in [6, 6.07) is 6.98. The molecule has 2 amide bonds. The first-order valence-corrected chi connectivity index (χ1v) is 15.0. The van der Waals surface area contributed by atoms with E-state index >= 15 is 4.39 Å². The summed E-state index contributed by atoms with van der Waals surface area (Å²) in [5.74, 6) is -3.72. The van der Waals surface area contributed by atoms with Crippen LogP contribution >= 0.6 is 0 Å². The first-order chi connectivity index (χ1) is 21.4. The van der Waals surface area contributed by atoms with Crippen molar-refractivity contribution in [1.82, 2.24) is 15.5 Å². The Labute approximate surface area is 259 Å². The molecule has 2 aromatic carbocycles. The van der Waals surface area contributed by atoms with E-state index in [-0.39, 0.29) is 29.2 Å². The van der Waals surface area contributed by atoms with Crippen molar-refractivity contribution in [2.24, 2.45) is 10.9 Å². The molecule has 0 spiro atoms. The Morgan fingerprint density at radius 2 is 1.85 bits per heavy atom. The lowest BCUT2D eigenvalue weighted by Gasteiger charge is -2.27. The molecule has 0 saturated carbocycles. The number of fused-ring (bicyclic) bond motifs is 1. The highest BCUT2D eigenvalue weighted by Gasteiger charge is 2.40. The van der Waals surface area contributed by atoms with Crippen LogP contribution in [-0.2, 0) is 25.9 Å². The Hall–Kier alpha value is -5.00. The largest absolute Gasteiger partial charge is 0.467 e. The third kappa shape index (κ3) is 8.17. The van der Waals surface area contributed by atoms with E-state index in [9.17, 15) is 31.2 Å². The maximum atomic E-state index is 15.6. The zero-order valence-corrected chi connectivity index (χ0v) is 25.3. The smallest absolute Gasteiger partial charge is 0.422 e. The average Bonchev–Trinajstić information content (AvgIpc) is 3.03. The number of carbonyl (C=O) groups is 2. The Kier molecular flexibility index (Phi) is 9.41. The molecule has 3 aromatic rings. The average molecular weight is 669 g/mol. The lowest BCUT2D eigenvalue weighted by atomic mass is 10.0. The number of rotatable bonds is 7. The highest BCUT2D eigenvalue weighted by atomic mass is 32.2. The molecule has 1 aliphatic heterocycles. The van der Waals surface area contributed by atoms with Crippen molar-refractivity contribution in [3.63, 3.8) is 0 Å². The fourth-order valence-electron chi connectivity index (χ4n) is 4.37. The lowest BCUT2D eigenvalue weighted by molar-refractivity contribution is -0.154. The summed E-state index contributed by atoms with van der Waals surface area (Å²) in [5, 5.41) is 21.2. The predicted molar refractivity (Wildman–Crippen MR) is 154 cm³/mol. The van der Waals surface area contributed by atoms with Gasteiger partial charge in [-0.3, -0.25) is 4.79 Å². The van der Waals surface area contributed by atoms with E-state index < -0.39 is 68.6 Å². The first kappa shape index (κ1) is 33.9. The van der Waals surface area contributed by atoms with Crippen LogP contribution in [0.3, 0.4) is 0 Å². The number of sulfone groups is 1. The van der Waals surface area contributed by atoms with Crippen LogP contribution < -0.4 is 20.7 Å². The molecule has 0 bridgehead atoms. The number of alkyl carbamates (subject to hydrolysis) is 1. The highest BCUT2D eigenvalue weighted by Crippen LogP contribution is 2.38. The summed E-state index contributed by atoms with van der Waals surface area (Å²) >= 11 is 0. The van der Waals surface area contributed by atoms with E-state index in [0.29, 0.717) is 17.2 Å². The summed E-state index contributed by atoms with van der Waals surface area (Å²) < 4.78 is 90.5. The number of carbonyl (C=O) groups excluding carboxylic acids is 2.